The molecule has 1 fully saturated rings. The monoisotopic (exact) mass is 256 g/mol. The van der Waals surface area contributed by atoms with E-state index in [2.05, 4.69) is 60.2 Å². The average molecular weight is 256 g/mol. The topological polar surface area (TPSA) is 15.3 Å². The van der Waals surface area contributed by atoms with Crippen LogP contribution in [0.15, 0.2) is 24.3 Å². The molecule has 1 aliphatic heterocycles. The van der Waals surface area contributed by atoms with E-state index in [4.69, 9.17) is 0 Å². The van der Waals surface area contributed by atoms with Crippen LogP contribution in [-0.4, -0.2) is 37.6 Å². The highest BCUT2D eigenvalue weighted by Gasteiger charge is 2.06. The first-order valence-electron chi connectivity index (χ1n) is 7.25. The molecule has 0 saturated carbocycles. The zero-order valence-corrected chi connectivity index (χ0v) is 12.1. The molecule has 0 amide bonds. The minimum absolute atomic E-state index is 0.698. The van der Waals surface area contributed by atoms with Crippen molar-refractivity contribution in [2.45, 2.75) is 20.3 Å². The van der Waals surface area contributed by atoms with Crippen LogP contribution in [0.1, 0.15) is 25.0 Å². The van der Waals surface area contributed by atoms with Crippen LogP contribution in [0.5, 0.6) is 0 Å². The van der Waals surface area contributed by atoms with Crippen LogP contribution in [0.4, 0.5) is 0 Å². The molecular weight excluding hydrogens is 232 g/mol. The normalized spacial score (nSPS) is 16.2. The highest BCUT2D eigenvalue weighted by atomic mass is 15.2. The minimum atomic E-state index is 0.698. The fraction of sp³-hybridized carbons (Fsp3) is 0.529. The molecule has 1 aliphatic rings. The fourth-order valence-corrected chi connectivity index (χ4v) is 2.37. The Balaban J connectivity index is 1.91. The van der Waals surface area contributed by atoms with Crippen LogP contribution < -0.4 is 5.32 Å². The molecular formula is C17H24N2. The van der Waals surface area contributed by atoms with E-state index in [-0.39, 0.29) is 0 Å². The van der Waals surface area contributed by atoms with Crippen molar-refractivity contribution in [1.29, 1.82) is 0 Å². The Morgan fingerprint density at radius 1 is 1.26 bits per heavy atom. The summed E-state index contributed by atoms with van der Waals surface area (Å²) < 4.78 is 0. The van der Waals surface area contributed by atoms with Gasteiger partial charge in [-0.25, -0.2) is 0 Å². The van der Waals surface area contributed by atoms with Crippen LogP contribution in [0.3, 0.4) is 0 Å². The predicted molar refractivity (Wildman–Crippen MR) is 81.2 cm³/mol. The molecule has 0 radical (unpaired) electrons. The molecule has 0 unspecified atom stereocenters. The summed E-state index contributed by atoms with van der Waals surface area (Å²) in [5.41, 5.74) is 2.54. The summed E-state index contributed by atoms with van der Waals surface area (Å²) in [7, 11) is 0. The smallest absolute Gasteiger partial charge is 0.0606 e. The van der Waals surface area contributed by atoms with Crippen LogP contribution in [0.2, 0.25) is 0 Å². The summed E-state index contributed by atoms with van der Waals surface area (Å²) in [5.74, 6) is 7.29. The van der Waals surface area contributed by atoms with E-state index in [1.165, 1.54) is 5.56 Å². The second-order valence-electron chi connectivity index (χ2n) is 5.63. The second-order valence-corrected chi connectivity index (χ2v) is 5.63. The lowest BCUT2D eigenvalue weighted by Gasteiger charge is -2.24. The summed E-state index contributed by atoms with van der Waals surface area (Å²) >= 11 is 0. The summed E-state index contributed by atoms with van der Waals surface area (Å²) in [5, 5.41) is 3.36. The zero-order valence-electron chi connectivity index (χ0n) is 12.1. The van der Waals surface area contributed by atoms with Crippen molar-refractivity contribution in [3.63, 3.8) is 0 Å². The van der Waals surface area contributed by atoms with Gasteiger partial charge >= 0.3 is 0 Å². The lowest BCUT2D eigenvalue weighted by atomic mass is 10.0. The van der Waals surface area contributed by atoms with Crippen molar-refractivity contribution >= 4 is 0 Å². The van der Waals surface area contributed by atoms with Gasteiger partial charge in [-0.3, -0.25) is 4.90 Å². The maximum absolute atomic E-state index is 3.36. The lowest BCUT2D eigenvalue weighted by Crippen LogP contribution is -2.43. The van der Waals surface area contributed by atoms with Crippen LogP contribution in [0, 0.1) is 17.8 Å². The third kappa shape index (κ3) is 5.06. The maximum atomic E-state index is 3.36. The fourth-order valence-electron chi connectivity index (χ4n) is 2.37. The largest absolute Gasteiger partial charge is 0.314 e. The van der Waals surface area contributed by atoms with Gasteiger partial charge in [-0.15, -0.1) is 0 Å². The van der Waals surface area contributed by atoms with Crippen molar-refractivity contribution < 1.29 is 0 Å². The number of piperazine rings is 1. The third-order valence-corrected chi connectivity index (χ3v) is 3.32. The van der Waals surface area contributed by atoms with E-state index in [0.717, 1.165) is 44.7 Å². The Morgan fingerprint density at radius 3 is 2.79 bits per heavy atom. The first-order valence-corrected chi connectivity index (χ1v) is 7.25. The molecule has 19 heavy (non-hydrogen) atoms. The van der Waals surface area contributed by atoms with Gasteiger partial charge in [0.15, 0.2) is 0 Å². The summed E-state index contributed by atoms with van der Waals surface area (Å²) in [6.45, 7) is 9.79. The van der Waals surface area contributed by atoms with E-state index in [1.807, 2.05) is 0 Å². The van der Waals surface area contributed by atoms with E-state index in [9.17, 15) is 0 Å². The van der Waals surface area contributed by atoms with Gasteiger partial charge in [0.05, 0.1) is 6.54 Å². The molecule has 0 spiro atoms. The zero-order chi connectivity index (χ0) is 13.5. The molecule has 1 heterocycles. The predicted octanol–water partition coefficient (Wildman–Crippen LogP) is 2.14. The van der Waals surface area contributed by atoms with E-state index in [0.29, 0.717) is 5.92 Å². The van der Waals surface area contributed by atoms with E-state index >= 15 is 0 Å². The second kappa shape index (κ2) is 7.33. The maximum Gasteiger partial charge on any atom is 0.0606 e. The molecule has 0 bridgehead atoms. The number of hydrogen-bond acceptors (Lipinski definition) is 2. The summed E-state index contributed by atoms with van der Waals surface area (Å²) in [4.78, 5) is 2.40. The van der Waals surface area contributed by atoms with Crippen molar-refractivity contribution in [2.75, 3.05) is 32.7 Å². The Bertz CT molecular complexity index is 448. The number of rotatable bonds is 3. The molecule has 1 aromatic rings. The summed E-state index contributed by atoms with van der Waals surface area (Å²) in [6, 6.07) is 8.65. The molecule has 2 heteroatoms. The van der Waals surface area contributed by atoms with Crippen LogP contribution in [-0.2, 0) is 6.42 Å². The SMILES string of the molecule is CC(C)Cc1cccc(C#CCN2CCNCC2)c1. The molecule has 102 valence electrons. The van der Waals surface area contributed by atoms with Gasteiger partial charge < -0.3 is 5.32 Å². The Labute approximate surface area is 117 Å². The van der Waals surface area contributed by atoms with Crippen molar-refractivity contribution in [2.24, 2.45) is 5.92 Å². The number of nitrogens with one attached hydrogen (secondary N) is 1. The van der Waals surface area contributed by atoms with Gasteiger partial charge in [0.2, 0.25) is 0 Å². The average Bonchev–Trinajstić information content (AvgIpc) is 2.40. The van der Waals surface area contributed by atoms with Crippen molar-refractivity contribution in [3.8, 4) is 11.8 Å². The third-order valence-electron chi connectivity index (χ3n) is 3.32. The number of nitrogens with zero attached hydrogens (tertiary/aromatic N) is 1. The van der Waals surface area contributed by atoms with Gasteiger partial charge in [-0.2, -0.15) is 0 Å². The molecule has 2 rings (SSSR count). The van der Waals surface area contributed by atoms with Gasteiger partial charge in [0.1, 0.15) is 0 Å². The molecule has 2 nitrogen and oxygen atoms in total. The highest BCUT2D eigenvalue weighted by molar-refractivity contribution is 5.37. The molecule has 1 aromatic carbocycles. The molecule has 1 saturated heterocycles. The number of benzene rings is 1. The Morgan fingerprint density at radius 2 is 2.05 bits per heavy atom. The van der Waals surface area contributed by atoms with Gasteiger partial charge in [0.25, 0.3) is 0 Å². The van der Waals surface area contributed by atoms with Crippen molar-refractivity contribution in [3.05, 3.63) is 35.4 Å². The van der Waals surface area contributed by atoms with Crippen molar-refractivity contribution in [1.82, 2.24) is 10.2 Å². The van der Waals surface area contributed by atoms with E-state index < -0.39 is 0 Å². The lowest BCUT2D eigenvalue weighted by molar-refractivity contribution is 0.268. The van der Waals surface area contributed by atoms with Crippen LogP contribution in [0.25, 0.3) is 0 Å². The quantitative estimate of drug-likeness (QED) is 0.834. The molecule has 0 aliphatic carbocycles. The number of hydrogen-bond donors (Lipinski definition) is 1. The standard InChI is InChI=1S/C17H24N2/c1-15(2)13-17-6-3-5-16(14-17)7-4-10-19-11-8-18-9-12-19/h3,5-6,14-15,18H,8-13H2,1-2H3. The summed E-state index contributed by atoms with van der Waals surface area (Å²) in [6.07, 6.45) is 1.13. The molecule has 0 atom stereocenters. The minimum Gasteiger partial charge on any atom is -0.314 e. The Hall–Kier alpha value is -1.30. The first kappa shape index (κ1) is 14.1. The highest BCUT2D eigenvalue weighted by Crippen LogP contribution is 2.09. The van der Waals surface area contributed by atoms with Gasteiger partial charge in [-0.1, -0.05) is 37.8 Å². The Kier molecular flexibility index (Phi) is 5.44. The van der Waals surface area contributed by atoms with Gasteiger partial charge in [0, 0.05) is 31.7 Å². The van der Waals surface area contributed by atoms with Gasteiger partial charge in [-0.05, 0) is 30.0 Å². The molecule has 0 aromatic heterocycles. The van der Waals surface area contributed by atoms with Crippen LogP contribution >= 0.6 is 0 Å². The first-order chi connectivity index (χ1) is 9.24. The molecule has 1 N–H and O–H groups in total. The van der Waals surface area contributed by atoms with E-state index in [1.54, 1.807) is 0 Å².